The number of rotatable bonds is 7. The molecule has 6 nitrogen and oxygen atoms in total. The van der Waals surface area contributed by atoms with Crippen LogP contribution in [-0.2, 0) is 9.53 Å². The lowest BCUT2D eigenvalue weighted by atomic mass is 9.73. The van der Waals surface area contributed by atoms with Crippen molar-refractivity contribution in [3.8, 4) is 0 Å². The van der Waals surface area contributed by atoms with E-state index < -0.39 is 41.6 Å². The molecule has 0 aromatic rings. The SMILES string of the molecule is CCC(C1CCCCC1)C(NC(=O)OC(C)(C)C)C(O)C(F)(F)C(=O)O. The number of aliphatic hydroxyl groups excluding tert-OH is 1. The summed E-state index contributed by atoms with van der Waals surface area (Å²) in [6.07, 6.45) is 1.50. The minimum Gasteiger partial charge on any atom is -0.477 e. The predicted octanol–water partition coefficient (Wildman–Crippen LogP) is 3.57. The lowest BCUT2D eigenvalue weighted by Crippen LogP contribution is -2.59. The van der Waals surface area contributed by atoms with Crippen molar-refractivity contribution in [3.63, 3.8) is 0 Å². The van der Waals surface area contributed by atoms with Gasteiger partial charge in [0.15, 0.2) is 0 Å². The van der Waals surface area contributed by atoms with Gasteiger partial charge in [-0.05, 0) is 32.6 Å². The molecule has 3 atom stereocenters. The summed E-state index contributed by atoms with van der Waals surface area (Å²) in [6, 6.07) is -1.41. The molecule has 26 heavy (non-hydrogen) atoms. The van der Waals surface area contributed by atoms with Gasteiger partial charge in [-0.2, -0.15) is 8.78 Å². The minimum absolute atomic E-state index is 0.0351. The molecule has 3 N–H and O–H groups in total. The Morgan fingerprint density at radius 2 is 1.73 bits per heavy atom. The number of hydrogen-bond acceptors (Lipinski definition) is 4. The number of carboxylic acids is 1. The maximum atomic E-state index is 14.0. The first-order valence-corrected chi connectivity index (χ1v) is 9.19. The van der Waals surface area contributed by atoms with Gasteiger partial charge in [-0.1, -0.05) is 45.4 Å². The molecule has 0 saturated heterocycles. The molecule has 1 amide bonds. The average molecular weight is 379 g/mol. The third kappa shape index (κ3) is 6.07. The van der Waals surface area contributed by atoms with Gasteiger partial charge in [-0.3, -0.25) is 0 Å². The number of halogens is 2. The number of carboxylic acid groups (broad SMARTS) is 1. The van der Waals surface area contributed by atoms with Crippen molar-refractivity contribution < 1.29 is 33.3 Å². The summed E-state index contributed by atoms with van der Waals surface area (Å²) in [4.78, 5) is 23.1. The van der Waals surface area contributed by atoms with Crippen molar-refractivity contribution in [3.05, 3.63) is 0 Å². The summed E-state index contributed by atoms with van der Waals surface area (Å²) in [5.74, 6) is -7.22. The molecule has 1 aliphatic rings. The van der Waals surface area contributed by atoms with E-state index in [1.54, 1.807) is 27.7 Å². The van der Waals surface area contributed by atoms with E-state index in [1.807, 2.05) is 0 Å². The molecular formula is C18H31F2NO5. The van der Waals surface area contributed by atoms with Crippen molar-refractivity contribution in [2.75, 3.05) is 0 Å². The van der Waals surface area contributed by atoms with Gasteiger partial charge >= 0.3 is 18.0 Å². The fourth-order valence-corrected chi connectivity index (χ4v) is 3.66. The van der Waals surface area contributed by atoms with Crippen molar-refractivity contribution in [1.29, 1.82) is 0 Å². The first-order valence-electron chi connectivity index (χ1n) is 9.19. The van der Waals surface area contributed by atoms with E-state index in [9.17, 15) is 23.5 Å². The number of amides is 1. The highest BCUT2D eigenvalue weighted by atomic mass is 19.3. The summed E-state index contributed by atoms with van der Waals surface area (Å²) in [7, 11) is 0. The van der Waals surface area contributed by atoms with Crippen LogP contribution in [0.15, 0.2) is 0 Å². The van der Waals surface area contributed by atoms with E-state index in [4.69, 9.17) is 9.84 Å². The second kappa shape index (κ2) is 8.97. The summed E-state index contributed by atoms with van der Waals surface area (Å²) >= 11 is 0. The molecule has 0 heterocycles. The third-order valence-corrected chi connectivity index (χ3v) is 4.87. The van der Waals surface area contributed by atoms with E-state index in [1.165, 1.54) is 0 Å². The van der Waals surface area contributed by atoms with Crippen LogP contribution in [-0.4, -0.2) is 45.9 Å². The molecule has 1 saturated carbocycles. The van der Waals surface area contributed by atoms with Gasteiger partial charge < -0.3 is 20.3 Å². The number of hydrogen-bond donors (Lipinski definition) is 3. The normalized spacial score (nSPS) is 20.1. The summed E-state index contributed by atoms with van der Waals surface area (Å²) in [5, 5.41) is 21.3. The molecule has 0 spiro atoms. The molecule has 1 aliphatic carbocycles. The quantitative estimate of drug-likeness (QED) is 0.628. The smallest absolute Gasteiger partial charge is 0.407 e. The second-order valence-electron chi connectivity index (χ2n) is 8.02. The van der Waals surface area contributed by atoms with Gasteiger partial charge in [-0.25, -0.2) is 9.59 Å². The average Bonchev–Trinajstić information content (AvgIpc) is 2.53. The number of carbonyl (C=O) groups is 2. The lowest BCUT2D eigenvalue weighted by molar-refractivity contribution is -0.187. The number of aliphatic carboxylic acids is 1. The van der Waals surface area contributed by atoms with Crippen LogP contribution in [0.3, 0.4) is 0 Å². The third-order valence-electron chi connectivity index (χ3n) is 4.87. The van der Waals surface area contributed by atoms with Gasteiger partial charge in [0.05, 0.1) is 6.04 Å². The van der Waals surface area contributed by atoms with E-state index in [-0.39, 0.29) is 5.92 Å². The number of alkyl halides is 2. The first kappa shape index (κ1) is 22.6. The molecule has 0 radical (unpaired) electrons. The Hall–Kier alpha value is -1.44. The van der Waals surface area contributed by atoms with E-state index in [2.05, 4.69) is 5.32 Å². The Kier molecular flexibility index (Phi) is 7.80. The van der Waals surface area contributed by atoms with Gasteiger partial charge in [0.1, 0.15) is 11.7 Å². The van der Waals surface area contributed by atoms with Gasteiger partial charge in [0, 0.05) is 0 Å². The zero-order valence-electron chi connectivity index (χ0n) is 15.9. The van der Waals surface area contributed by atoms with Gasteiger partial charge in [0.25, 0.3) is 0 Å². The van der Waals surface area contributed by atoms with E-state index in [0.717, 1.165) is 32.1 Å². The van der Waals surface area contributed by atoms with E-state index >= 15 is 0 Å². The lowest BCUT2D eigenvalue weighted by Gasteiger charge is -2.39. The molecular weight excluding hydrogens is 348 g/mol. The van der Waals surface area contributed by atoms with Crippen molar-refractivity contribution in [1.82, 2.24) is 5.32 Å². The van der Waals surface area contributed by atoms with Crippen LogP contribution >= 0.6 is 0 Å². The number of aliphatic hydroxyl groups is 1. The second-order valence-corrected chi connectivity index (χ2v) is 8.02. The topological polar surface area (TPSA) is 95.9 Å². The molecule has 0 aliphatic heterocycles. The van der Waals surface area contributed by atoms with Crippen LogP contribution in [0, 0.1) is 11.8 Å². The minimum atomic E-state index is -4.37. The number of carbonyl (C=O) groups excluding carboxylic acids is 1. The first-order chi connectivity index (χ1) is 11.9. The molecule has 152 valence electrons. The van der Waals surface area contributed by atoms with Crippen molar-refractivity contribution in [2.24, 2.45) is 11.8 Å². The molecule has 8 heteroatoms. The number of nitrogens with one attached hydrogen (secondary N) is 1. The van der Waals surface area contributed by atoms with Crippen LogP contribution in [0.4, 0.5) is 13.6 Å². The highest BCUT2D eigenvalue weighted by molar-refractivity contribution is 5.76. The molecule has 1 fully saturated rings. The Labute approximate surface area is 153 Å². The van der Waals surface area contributed by atoms with Crippen molar-refractivity contribution >= 4 is 12.1 Å². The zero-order valence-corrected chi connectivity index (χ0v) is 15.9. The Bertz CT molecular complexity index is 486. The Morgan fingerprint density at radius 3 is 2.15 bits per heavy atom. The standard InChI is InChI=1S/C18H31F2NO5/c1-5-12(11-9-7-6-8-10-11)13(14(22)18(19,20)15(23)24)21-16(25)26-17(2,3)4/h11-14,22H,5-10H2,1-4H3,(H,21,25)(H,23,24). The zero-order chi connectivity index (χ0) is 20.1. The summed E-state index contributed by atoms with van der Waals surface area (Å²) < 4.78 is 33.1. The highest BCUT2D eigenvalue weighted by Crippen LogP contribution is 2.37. The van der Waals surface area contributed by atoms with Crippen LogP contribution in [0.25, 0.3) is 0 Å². The van der Waals surface area contributed by atoms with Gasteiger partial charge in [-0.15, -0.1) is 0 Å². The molecule has 0 bridgehead atoms. The Morgan fingerprint density at radius 1 is 1.19 bits per heavy atom. The predicted molar refractivity (Wildman–Crippen MR) is 92.1 cm³/mol. The maximum absolute atomic E-state index is 14.0. The van der Waals surface area contributed by atoms with Gasteiger partial charge in [0.2, 0.25) is 0 Å². The largest absolute Gasteiger partial charge is 0.477 e. The van der Waals surface area contributed by atoms with Crippen LogP contribution in [0.2, 0.25) is 0 Å². The monoisotopic (exact) mass is 379 g/mol. The fraction of sp³-hybridized carbons (Fsp3) is 0.889. The van der Waals surface area contributed by atoms with Crippen molar-refractivity contribution in [2.45, 2.75) is 89.9 Å². The molecule has 0 aromatic carbocycles. The van der Waals surface area contributed by atoms with Crippen LogP contribution in [0.1, 0.15) is 66.2 Å². The summed E-state index contributed by atoms with van der Waals surface area (Å²) in [5.41, 5.74) is -0.846. The van der Waals surface area contributed by atoms with Crippen LogP contribution < -0.4 is 5.32 Å². The van der Waals surface area contributed by atoms with E-state index in [0.29, 0.717) is 6.42 Å². The number of alkyl carbamates (subject to hydrolysis) is 1. The Balaban J connectivity index is 3.09. The number of ether oxygens (including phenoxy) is 1. The fourth-order valence-electron chi connectivity index (χ4n) is 3.66. The highest BCUT2D eigenvalue weighted by Gasteiger charge is 2.53. The summed E-state index contributed by atoms with van der Waals surface area (Å²) in [6.45, 7) is 6.67. The molecule has 1 rings (SSSR count). The maximum Gasteiger partial charge on any atom is 0.407 e. The van der Waals surface area contributed by atoms with Crippen LogP contribution in [0.5, 0.6) is 0 Å². The molecule has 0 aromatic heterocycles. The molecule has 3 unspecified atom stereocenters.